The molecule has 0 spiro atoms. The van der Waals surface area contributed by atoms with Crippen molar-refractivity contribution in [3.8, 4) is 0 Å². The zero-order valence-electron chi connectivity index (χ0n) is 13.9. The molecule has 130 valence electrons. The minimum atomic E-state index is -4.30. The molecule has 1 aromatic rings. The minimum absolute atomic E-state index is 0.420. The van der Waals surface area contributed by atoms with Crippen LogP contribution in [0.1, 0.15) is 25.0 Å². The lowest BCUT2D eigenvalue weighted by Crippen LogP contribution is -2.41. The summed E-state index contributed by atoms with van der Waals surface area (Å²) in [6, 6.07) is 5.12. The topological polar surface area (TPSA) is 39.7 Å². The van der Waals surface area contributed by atoms with Crippen LogP contribution < -0.4 is 10.6 Å². The maximum absolute atomic E-state index is 12.5. The third-order valence-corrected chi connectivity index (χ3v) is 3.58. The van der Waals surface area contributed by atoms with Crippen molar-refractivity contribution in [2.75, 3.05) is 33.2 Å². The highest BCUT2D eigenvalue weighted by Crippen LogP contribution is 2.28. The van der Waals surface area contributed by atoms with Gasteiger partial charge >= 0.3 is 6.18 Å². The van der Waals surface area contributed by atoms with Crippen LogP contribution in [-0.4, -0.2) is 44.1 Å². The summed E-state index contributed by atoms with van der Waals surface area (Å²) in [4.78, 5) is 6.39. The number of hydrogen-bond acceptors (Lipinski definition) is 2. The predicted molar refractivity (Wildman–Crippen MR) is 87.4 cm³/mol. The number of halogens is 3. The van der Waals surface area contributed by atoms with Gasteiger partial charge in [0, 0.05) is 26.7 Å². The number of rotatable bonds is 7. The Morgan fingerprint density at radius 1 is 1.09 bits per heavy atom. The van der Waals surface area contributed by atoms with E-state index in [4.69, 9.17) is 0 Å². The maximum Gasteiger partial charge on any atom is 0.416 e. The molecule has 0 aliphatic carbocycles. The largest absolute Gasteiger partial charge is 0.416 e. The van der Waals surface area contributed by atoms with Crippen molar-refractivity contribution in [1.29, 1.82) is 0 Å². The fourth-order valence-electron chi connectivity index (χ4n) is 2.09. The second kappa shape index (κ2) is 9.39. The van der Waals surface area contributed by atoms with E-state index in [-0.39, 0.29) is 0 Å². The van der Waals surface area contributed by atoms with Gasteiger partial charge in [-0.15, -0.1) is 0 Å². The molecule has 0 fully saturated rings. The van der Waals surface area contributed by atoms with Gasteiger partial charge < -0.3 is 15.5 Å². The zero-order valence-corrected chi connectivity index (χ0v) is 13.9. The Hall–Kier alpha value is -1.76. The summed E-state index contributed by atoms with van der Waals surface area (Å²) in [7, 11) is 1.67. The number of hydrogen-bond donors (Lipinski definition) is 2. The van der Waals surface area contributed by atoms with Crippen LogP contribution in [-0.2, 0) is 12.7 Å². The number of guanidine groups is 1. The van der Waals surface area contributed by atoms with Crippen LogP contribution in [0.4, 0.5) is 13.2 Å². The third-order valence-electron chi connectivity index (χ3n) is 3.58. The number of nitrogens with one attached hydrogen (secondary N) is 2. The first-order valence-electron chi connectivity index (χ1n) is 7.73. The number of nitrogens with zero attached hydrogens (tertiary/aromatic N) is 2. The van der Waals surface area contributed by atoms with Gasteiger partial charge in [-0.2, -0.15) is 13.2 Å². The first-order valence-corrected chi connectivity index (χ1v) is 7.73. The van der Waals surface area contributed by atoms with Crippen LogP contribution in [0.3, 0.4) is 0 Å². The molecule has 0 atom stereocenters. The Bertz CT molecular complexity index is 479. The van der Waals surface area contributed by atoms with Gasteiger partial charge in [0.1, 0.15) is 0 Å². The van der Waals surface area contributed by atoms with E-state index in [2.05, 4.69) is 34.4 Å². The molecular weight excluding hydrogens is 305 g/mol. The van der Waals surface area contributed by atoms with Gasteiger partial charge in [-0.3, -0.25) is 4.99 Å². The average Bonchev–Trinajstić information content (AvgIpc) is 2.54. The summed E-state index contributed by atoms with van der Waals surface area (Å²) in [6.07, 6.45) is -4.30. The fraction of sp³-hybridized carbons (Fsp3) is 0.562. The molecule has 23 heavy (non-hydrogen) atoms. The highest BCUT2D eigenvalue weighted by Gasteiger charge is 2.29. The number of aliphatic imine (C=N–C) groups is 1. The van der Waals surface area contributed by atoms with E-state index in [9.17, 15) is 13.2 Å². The van der Waals surface area contributed by atoms with E-state index < -0.39 is 11.7 Å². The van der Waals surface area contributed by atoms with Gasteiger partial charge in [0.15, 0.2) is 5.96 Å². The normalized spacial score (nSPS) is 12.6. The summed E-state index contributed by atoms with van der Waals surface area (Å²) in [5, 5.41) is 6.28. The zero-order chi connectivity index (χ0) is 17.3. The van der Waals surface area contributed by atoms with Crippen molar-refractivity contribution >= 4 is 5.96 Å². The smallest absolute Gasteiger partial charge is 0.355 e. The molecule has 7 heteroatoms. The Balaban J connectivity index is 2.43. The molecule has 0 aliphatic heterocycles. The second-order valence-electron chi connectivity index (χ2n) is 5.07. The van der Waals surface area contributed by atoms with Crippen molar-refractivity contribution < 1.29 is 13.2 Å². The summed E-state index contributed by atoms with van der Waals surface area (Å²) in [6.45, 7) is 8.30. The molecule has 0 saturated carbocycles. The first kappa shape index (κ1) is 19.3. The highest BCUT2D eigenvalue weighted by molar-refractivity contribution is 5.79. The van der Waals surface area contributed by atoms with Crippen LogP contribution in [0.5, 0.6) is 0 Å². The molecule has 1 rings (SSSR count). The lowest BCUT2D eigenvalue weighted by Gasteiger charge is -2.19. The Morgan fingerprint density at radius 3 is 2.17 bits per heavy atom. The molecule has 0 radical (unpaired) electrons. The van der Waals surface area contributed by atoms with E-state index in [1.54, 1.807) is 7.05 Å². The third kappa shape index (κ3) is 6.90. The molecule has 0 heterocycles. The van der Waals surface area contributed by atoms with Gasteiger partial charge in [-0.05, 0) is 30.8 Å². The summed E-state index contributed by atoms with van der Waals surface area (Å²) < 4.78 is 37.5. The average molecular weight is 330 g/mol. The van der Waals surface area contributed by atoms with Crippen LogP contribution >= 0.6 is 0 Å². The summed E-state index contributed by atoms with van der Waals surface area (Å²) >= 11 is 0. The number of alkyl halides is 3. The number of benzene rings is 1. The molecule has 0 unspecified atom stereocenters. The standard InChI is InChI=1S/C16H25F3N4/c1-4-23(5-2)11-10-21-15(20-3)22-12-13-6-8-14(9-7-13)16(17,18)19/h6-9H,4-5,10-12H2,1-3H3,(H2,20,21,22). The van der Waals surface area contributed by atoms with Gasteiger partial charge in [0.25, 0.3) is 0 Å². The van der Waals surface area contributed by atoms with Crippen molar-refractivity contribution in [2.24, 2.45) is 4.99 Å². The lowest BCUT2D eigenvalue weighted by molar-refractivity contribution is -0.137. The predicted octanol–water partition coefficient (Wildman–Crippen LogP) is 2.71. The van der Waals surface area contributed by atoms with Crippen molar-refractivity contribution in [2.45, 2.75) is 26.6 Å². The minimum Gasteiger partial charge on any atom is -0.355 e. The van der Waals surface area contributed by atoms with Gasteiger partial charge in [-0.1, -0.05) is 26.0 Å². The molecule has 1 aromatic carbocycles. The molecule has 0 amide bonds. The lowest BCUT2D eigenvalue weighted by atomic mass is 10.1. The van der Waals surface area contributed by atoms with Gasteiger partial charge in [-0.25, -0.2) is 0 Å². The van der Waals surface area contributed by atoms with E-state index >= 15 is 0 Å². The quantitative estimate of drug-likeness (QED) is 0.596. The van der Waals surface area contributed by atoms with E-state index in [0.717, 1.165) is 43.9 Å². The molecule has 0 aliphatic rings. The van der Waals surface area contributed by atoms with Crippen LogP contribution in [0.15, 0.2) is 29.3 Å². The fourth-order valence-corrected chi connectivity index (χ4v) is 2.09. The van der Waals surface area contributed by atoms with Crippen LogP contribution in [0.2, 0.25) is 0 Å². The molecule has 4 nitrogen and oxygen atoms in total. The van der Waals surface area contributed by atoms with Crippen molar-refractivity contribution in [1.82, 2.24) is 15.5 Å². The van der Waals surface area contributed by atoms with Crippen molar-refractivity contribution in [3.05, 3.63) is 35.4 Å². The Morgan fingerprint density at radius 2 is 1.70 bits per heavy atom. The van der Waals surface area contributed by atoms with Gasteiger partial charge in [0.05, 0.1) is 5.56 Å². The monoisotopic (exact) mass is 330 g/mol. The van der Waals surface area contributed by atoms with E-state index in [1.165, 1.54) is 12.1 Å². The second-order valence-corrected chi connectivity index (χ2v) is 5.07. The maximum atomic E-state index is 12.5. The summed E-state index contributed by atoms with van der Waals surface area (Å²) in [5.74, 6) is 0.636. The molecule has 0 bridgehead atoms. The Labute approximate surface area is 135 Å². The first-order chi connectivity index (χ1) is 10.9. The SMILES string of the molecule is CCN(CC)CCNC(=NC)NCc1ccc(C(F)(F)F)cc1. The van der Waals surface area contributed by atoms with Gasteiger partial charge in [0.2, 0.25) is 0 Å². The molecule has 2 N–H and O–H groups in total. The van der Waals surface area contributed by atoms with Crippen LogP contribution in [0, 0.1) is 0 Å². The molecule has 0 aromatic heterocycles. The van der Waals surface area contributed by atoms with E-state index in [1.807, 2.05) is 0 Å². The van der Waals surface area contributed by atoms with E-state index in [0.29, 0.717) is 12.5 Å². The molecular formula is C16H25F3N4. The van der Waals surface area contributed by atoms with Crippen molar-refractivity contribution in [3.63, 3.8) is 0 Å². The van der Waals surface area contributed by atoms with Crippen LogP contribution in [0.25, 0.3) is 0 Å². The highest BCUT2D eigenvalue weighted by atomic mass is 19.4. The number of likely N-dealkylation sites (N-methyl/N-ethyl adjacent to an activating group) is 1. The molecule has 0 saturated heterocycles. The Kier molecular flexibility index (Phi) is 7.88. The summed E-state index contributed by atoms with van der Waals surface area (Å²) in [5.41, 5.74) is 0.132.